The molecule has 0 radical (unpaired) electrons. The van der Waals surface area contributed by atoms with Crippen LogP contribution in [0.3, 0.4) is 0 Å². The number of amides is 1. The van der Waals surface area contributed by atoms with E-state index in [0.717, 1.165) is 10.6 Å². The normalized spacial score (nSPS) is 11.1. The molecule has 0 aliphatic rings. The number of nitrogens with one attached hydrogen (secondary N) is 1. The highest BCUT2D eigenvalue weighted by Crippen LogP contribution is 2.20. The number of sulfonamides is 1. The lowest BCUT2D eigenvalue weighted by molar-refractivity contribution is -0.118. The highest BCUT2D eigenvalue weighted by molar-refractivity contribution is 7.92. The highest BCUT2D eigenvalue weighted by Gasteiger charge is 2.19. The number of halogens is 1. The molecule has 0 bridgehead atoms. The molecule has 18 heavy (non-hydrogen) atoms. The van der Waals surface area contributed by atoms with E-state index in [1.807, 2.05) is 0 Å². The van der Waals surface area contributed by atoms with Gasteiger partial charge in [-0.3, -0.25) is 9.10 Å². The Morgan fingerprint density at radius 3 is 2.50 bits per heavy atom. The highest BCUT2D eigenvalue weighted by atomic mass is 32.2. The number of para-hydroxylation sites is 1. The topological polar surface area (TPSA) is 66.5 Å². The average molecular weight is 274 g/mol. The van der Waals surface area contributed by atoms with Crippen molar-refractivity contribution in [1.29, 1.82) is 0 Å². The lowest BCUT2D eigenvalue weighted by Gasteiger charge is -2.22. The Morgan fingerprint density at radius 2 is 2.00 bits per heavy atom. The van der Waals surface area contributed by atoms with Crippen molar-refractivity contribution in [3.8, 4) is 0 Å². The smallest absolute Gasteiger partial charge is 0.232 e. The van der Waals surface area contributed by atoms with E-state index in [2.05, 4.69) is 5.32 Å². The summed E-state index contributed by atoms with van der Waals surface area (Å²) < 4.78 is 37.7. The molecule has 1 rings (SSSR count). The molecule has 0 unspecified atom stereocenters. The number of rotatable bonds is 5. The van der Waals surface area contributed by atoms with Gasteiger partial charge in [0.05, 0.1) is 18.5 Å². The van der Waals surface area contributed by atoms with Gasteiger partial charge in [0.1, 0.15) is 5.82 Å². The lowest BCUT2D eigenvalue weighted by atomic mass is 10.3. The Labute approximate surface area is 106 Å². The van der Waals surface area contributed by atoms with Gasteiger partial charge in [-0.1, -0.05) is 12.1 Å². The van der Waals surface area contributed by atoms with Crippen LogP contribution in [-0.2, 0) is 14.8 Å². The molecule has 0 aromatic heterocycles. The molecule has 0 saturated heterocycles. The third kappa shape index (κ3) is 3.99. The van der Waals surface area contributed by atoms with Crippen molar-refractivity contribution < 1.29 is 17.6 Å². The minimum Gasteiger partial charge on any atom is -0.355 e. The summed E-state index contributed by atoms with van der Waals surface area (Å²) in [5.41, 5.74) is -0.0228. The van der Waals surface area contributed by atoms with E-state index >= 15 is 0 Å². The molecule has 1 aromatic rings. The third-order valence-electron chi connectivity index (χ3n) is 2.21. The van der Waals surface area contributed by atoms with Crippen LogP contribution in [0.1, 0.15) is 6.92 Å². The van der Waals surface area contributed by atoms with Crippen LogP contribution in [0, 0.1) is 5.82 Å². The van der Waals surface area contributed by atoms with Crippen LogP contribution < -0.4 is 9.62 Å². The van der Waals surface area contributed by atoms with Crippen molar-refractivity contribution in [3.63, 3.8) is 0 Å². The largest absolute Gasteiger partial charge is 0.355 e. The van der Waals surface area contributed by atoms with Crippen LogP contribution in [0.5, 0.6) is 0 Å². The van der Waals surface area contributed by atoms with Crippen molar-refractivity contribution >= 4 is 21.6 Å². The molecule has 0 aliphatic carbocycles. The zero-order chi connectivity index (χ0) is 13.8. The summed E-state index contributed by atoms with van der Waals surface area (Å²) in [5.74, 6) is -0.886. The van der Waals surface area contributed by atoms with E-state index in [0.29, 0.717) is 0 Å². The van der Waals surface area contributed by atoms with E-state index in [1.54, 1.807) is 6.07 Å². The van der Waals surface area contributed by atoms with Gasteiger partial charge >= 0.3 is 0 Å². The molecule has 0 fully saturated rings. The quantitative estimate of drug-likeness (QED) is 0.860. The van der Waals surface area contributed by atoms with Crippen molar-refractivity contribution in [3.05, 3.63) is 30.1 Å². The monoisotopic (exact) mass is 274 g/mol. The first-order valence-electron chi connectivity index (χ1n) is 5.29. The Hall–Kier alpha value is -1.63. The second-order valence-electron chi connectivity index (χ2n) is 3.77. The van der Waals surface area contributed by atoms with Gasteiger partial charge in [-0.2, -0.15) is 0 Å². The first-order valence-corrected chi connectivity index (χ1v) is 7.14. The maximum Gasteiger partial charge on any atom is 0.232 e. The fraction of sp³-hybridized carbons (Fsp3) is 0.364. The third-order valence-corrected chi connectivity index (χ3v) is 3.39. The van der Waals surface area contributed by atoms with Crippen molar-refractivity contribution in [2.75, 3.05) is 23.7 Å². The molecule has 1 aromatic carbocycles. The minimum atomic E-state index is -3.60. The van der Waals surface area contributed by atoms with Crippen LogP contribution in [0.4, 0.5) is 10.1 Å². The maximum absolute atomic E-state index is 13.6. The molecule has 0 saturated carbocycles. The van der Waals surface area contributed by atoms with Crippen molar-refractivity contribution in [1.82, 2.24) is 5.32 Å². The first-order chi connectivity index (χ1) is 8.32. The van der Waals surface area contributed by atoms with Gasteiger partial charge in [0.15, 0.2) is 0 Å². The summed E-state index contributed by atoms with van der Waals surface area (Å²) in [7, 11) is -3.60. The van der Waals surface area contributed by atoms with Gasteiger partial charge < -0.3 is 5.32 Å². The number of carbonyl (C=O) groups is 1. The molecule has 0 aliphatic heterocycles. The van der Waals surface area contributed by atoms with Crippen LogP contribution >= 0.6 is 0 Å². The molecule has 100 valence electrons. The van der Waals surface area contributed by atoms with E-state index in [1.165, 1.54) is 25.1 Å². The molecule has 1 amide bonds. The predicted molar refractivity (Wildman–Crippen MR) is 67.3 cm³/mol. The molecular formula is C11H15FN2O3S. The zero-order valence-electron chi connectivity index (χ0n) is 10.2. The Bertz CT molecular complexity index is 531. The fourth-order valence-electron chi connectivity index (χ4n) is 1.45. The minimum absolute atomic E-state index is 0.0145. The standard InChI is InChI=1S/C11H15FN2O3S/c1-9(15)13-7-8-14(18(2,16)17)11-6-4-3-5-10(11)12/h3-6H,7-8H2,1-2H3,(H,13,15). The number of anilines is 1. The van der Waals surface area contributed by atoms with Gasteiger partial charge in [0.25, 0.3) is 0 Å². The molecule has 5 nitrogen and oxygen atoms in total. The Kier molecular flexibility index (Phi) is 4.66. The van der Waals surface area contributed by atoms with Gasteiger partial charge in [0.2, 0.25) is 15.9 Å². The molecule has 0 heterocycles. The summed E-state index contributed by atoms with van der Waals surface area (Å²) in [4.78, 5) is 10.7. The van der Waals surface area contributed by atoms with E-state index < -0.39 is 15.8 Å². The van der Waals surface area contributed by atoms with Crippen LogP contribution in [0.25, 0.3) is 0 Å². The van der Waals surface area contributed by atoms with Gasteiger partial charge in [0, 0.05) is 13.5 Å². The number of nitrogens with zero attached hydrogens (tertiary/aromatic N) is 1. The second kappa shape index (κ2) is 5.81. The van der Waals surface area contributed by atoms with E-state index in [-0.39, 0.29) is 24.7 Å². The van der Waals surface area contributed by atoms with Gasteiger partial charge in [-0.05, 0) is 12.1 Å². The summed E-state index contributed by atoms with van der Waals surface area (Å²) in [6, 6.07) is 5.60. The zero-order valence-corrected chi connectivity index (χ0v) is 11.0. The SMILES string of the molecule is CC(=O)NCCN(c1ccccc1F)S(C)(=O)=O. The van der Waals surface area contributed by atoms with E-state index in [9.17, 15) is 17.6 Å². The van der Waals surface area contributed by atoms with Crippen molar-refractivity contribution in [2.24, 2.45) is 0 Å². The fourth-order valence-corrected chi connectivity index (χ4v) is 2.38. The van der Waals surface area contributed by atoms with Crippen LogP contribution in [-0.4, -0.2) is 33.7 Å². The maximum atomic E-state index is 13.6. The summed E-state index contributed by atoms with van der Waals surface area (Å²) in [6.45, 7) is 1.43. The van der Waals surface area contributed by atoms with Crippen LogP contribution in [0.2, 0.25) is 0 Å². The molecule has 1 N–H and O–H groups in total. The summed E-state index contributed by atoms with van der Waals surface area (Å²) in [5, 5.41) is 2.47. The summed E-state index contributed by atoms with van der Waals surface area (Å²) >= 11 is 0. The van der Waals surface area contributed by atoms with Crippen molar-refractivity contribution in [2.45, 2.75) is 6.92 Å². The van der Waals surface area contributed by atoms with E-state index in [4.69, 9.17) is 0 Å². The second-order valence-corrected chi connectivity index (χ2v) is 5.68. The van der Waals surface area contributed by atoms with Gasteiger partial charge in [-0.15, -0.1) is 0 Å². The predicted octanol–water partition coefficient (Wildman–Crippen LogP) is 0.728. The van der Waals surface area contributed by atoms with Gasteiger partial charge in [-0.25, -0.2) is 12.8 Å². The summed E-state index contributed by atoms with van der Waals surface area (Å²) in [6.07, 6.45) is 0.993. The lowest BCUT2D eigenvalue weighted by Crippen LogP contribution is -2.38. The Morgan fingerprint density at radius 1 is 1.39 bits per heavy atom. The van der Waals surface area contributed by atoms with Crippen LogP contribution in [0.15, 0.2) is 24.3 Å². The average Bonchev–Trinajstić information content (AvgIpc) is 2.24. The molecule has 7 heteroatoms. The number of carbonyl (C=O) groups excluding carboxylic acids is 1. The number of hydrogen-bond acceptors (Lipinski definition) is 3. The number of benzene rings is 1. The number of hydrogen-bond donors (Lipinski definition) is 1. The molecule has 0 atom stereocenters. The molecule has 0 spiro atoms. The Balaban J connectivity index is 2.94. The first kappa shape index (κ1) is 14.4. The molecular weight excluding hydrogens is 259 g/mol.